The molecule has 1 aromatic carbocycles. The van der Waals surface area contributed by atoms with Gasteiger partial charge in [-0.25, -0.2) is 0 Å². The Balaban J connectivity index is 1.85. The molecule has 1 aromatic rings. The van der Waals surface area contributed by atoms with Gasteiger partial charge < -0.3 is 9.47 Å². The van der Waals surface area contributed by atoms with E-state index >= 15 is 0 Å². The van der Waals surface area contributed by atoms with E-state index < -0.39 is 0 Å². The summed E-state index contributed by atoms with van der Waals surface area (Å²) >= 11 is 0. The largest absolute Gasteiger partial charge is 0.379 e. The summed E-state index contributed by atoms with van der Waals surface area (Å²) in [6.45, 7) is 3.60. The Hall–Kier alpha value is -1.19. The predicted octanol–water partition coefficient (Wildman–Crippen LogP) is 2.24. The Morgan fingerprint density at radius 2 is 2.18 bits per heavy atom. The van der Waals surface area contributed by atoms with Crippen molar-refractivity contribution < 1.29 is 14.3 Å². The fraction of sp³-hybridized carbons (Fsp3) is 0.500. The minimum Gasteiger partial charge on any atom is -0.379 e. The molecule has 0 bridgehead atoms. The zero-order valence-electron chi connectivity index (χ0n) is 10.1. The molecule has 0 radical (unpaired) electrons. The van der Waals surface area contributed by atoms with Gasteiger partial charge in [-0.1, -0.05) is 31.2 Å². The highest BCUT2D eigenvalue weighted by molar-refractivity contribution is 5.97. The minimum absolute atomic E-state index is 0.0413. The highest BCUT2D eigenvalue weighted by atomic mass is 16.5. The Morgan fingerprint density at radius 3 is 2.76 bits per heavy atom. The van der Waals surface area contributed by atoms with E-state index in [1.807, 2.05) is 24.3 Å². The fourth-order valence-corrected chi connectivity index (χ4v) is 1.85. The van der Waals surface area contributed by atoms with Crippen molar-refractivity contribution in [3.8, 4) is 0 Å². The Labute approximate surface area is 102 Å². The van der Waals surface area contributed by atoms with Crippen LogP contribution in [0.3, 0.4) is 0 Å². The molecule has 17 heavy (non-hydrogen) atoms. The molecule has 0 aromatic heterocycles. The first-order valence-corrected chi connectivity index (χ1v) is 6.11. The third kappa shape index (κ3) is 3.38. The Kier molecular flexibility index (Phi) is 4.29. The summed E-state index contributed by atoms with van der Waals surface area (Å²) in [6.07, 6.45) is 1.97. The van der Waals surface area contributed by atoms with Crippen LogP contribution in [0.2, 0.25) is 0 Å². The smallest absolute Gasteiger partial charge is 0.188 e. The Morgan fingerprint density at radius 1 is 1.41 bits per heavy atom. The molecule has 0 spiro atoms. The highest BCUT2D eigenvalue weighted by Crippen LogP contribution is 2.10. The van der Waals surface area contributed by atoms with Crippen molar-refractivity contribution in [2.75, 3.05) is 19.8 Å². The van der Waals surface area contributed by atoms with Gasteiger partial charge in [0.15, 0.2) is 5.78 Å². The third-order valence-electron chi connectivity index (χ3n) is 3.02. The summed E-state index contributed by atoms with van der Waals surface area (Å²) in [5, 5.41) is 0. The molecule has 3 heteroatoms. The third-order valence-corrected chi connectivity index (χ3v) is 3.02. The molecular weight excluding hydrogens is 216 g/mol. The molecule has 0 amide bonds. The zero-order chi connectivity index (χ0) is 12.1. The maximum Gasteiger partial charge on any atom is 0.188 e. The van der Waals surface area contributed by atoms with Crippen LogP contribution < -0.4 is 0 Å². The van der Waals surface area contributed by atoms with Gasteiger partial charge in [0.1, 0.15) is 6.61 Å². The topological polar surface area (TPSA) is 35.5 Å². The first kappa shape index (κ1) is 12.3. The van der Waals surface area contributed by atoms with Gasteiger partial charge >= 0.3 is 0 Å². The molecule has 1 saturated heterocycles. The first-order valence-electron chi connectivity index (χ1n) is 6.11. The lowest BCUT2D eigenvalue weighted by molar-refractivity contribution is 0.0390. The lowest BCUT2D eigenvalue weighted by Crippen LogP contribution is -2.18. The summed E-state index contributed by atoms with van der Waals surface area (Å²) in [4.78, 5) is 11.8. The molecule has 0 aliphatic carbocycles. The number of benzene rings is 1. The molecule has 1 aliphatic heterocycles. The molecule has 0 N–H and O–H groups in total. The number of carbonyl (C=O) groups is 1. The van der Waals surface area contributed by atoms with Gasteiger partial charge in [-0.3, -0.25) is 4.79 Å². The van der Waals surface area contributed by atoms with E-state index in [2.05, 4.69) is 6.92 Å². The molecule has 2 rings (SSSR count). The molecular formula is C14H18O3. The number of carbonyl (C=O) groups excluding carboxylic acids is 1. The average Bonchev–Trinajstić information content (AvgIpc) is 2.89. The van der Waals surface area contributed by atoms with Crippen molar-refractivity contribution >= 4 is 5.78 Å². The van der Waals surface area contributed by atoms with Crippen LogP contribution in [0.1, 0.15) is 29.3 Å². The average molecular weight is 234 g/mol. The van der Waals surface area contributed by atoms with Crippen LogP contribution in [0.5, 0.6) is 0 Å². The lowest BCUT2D eigenvalue weighted by Gasteiger charge is -2.09. The van der Waals surface area contributed by atoms with Gasteiger partial charge in [-0.15, -0.1) is 0 Å². The lowest BCUT2D eigenvalue weighted by atomic mass is 10.1. The number of hydrogen-bond donors (Lipinski definition) is 0. The molecule has 1 unspecified atom stereocenters. The molecule has 1 aliphatic rings. The maximum absolute atomic E-state index is 11.8. The molecule has 1 fully saturated rings. The van der Waals surface area contributed by atoms with Crippen LogP contribution in [-0.2, 0) is 15.9 Å². The quantitative estimate of drug-likeness (QED) is 0.733. The van der Waals surface area contributed by atoms with Gasteiger partial charge in [0.05, 0.1) is 12.7 Å². The van der Waals surface area contributed by atoms with Crippen molar-refractivity contribution in [3.63, 3.8) is 0 Å². The van der Waals surface area contributed by atoms with E-state index in [9.17, 15) is 4.79 Å². The molecule has 92 valence electrons. The molecule has 1 atom stereocenters. The van der Waals surface area contributed by atoms with Gasteiger partial charge in [0.25, 0.3) is 0 Å². The van der Waals surface area contributed by atoms with Crippen molar-refractivity contribution in [1.29, 1.82) is 0 Å². The van der Waals surface area contributed by atoms with E-state index in [1.54, 1.807) is 0 Å². The van der Waals surface area contributed by atoms with Crippen LogP contribution in [0.25, 0.3) is 0 Å². The summed E-state index contributed by atoms with van der Waals surface area (Å²) < 4.78 is 10.7. The van der Waals surface area contributed by atoms with E-state index in [1.165, 1.54) is 5.56 Å². The van der Waals surface area contributed by atoms with E-state index in [4.69, 9.17) is 9.47 Å². The van der Waals surface area contributed by atoms with Gasteiger partial charge in [-0.2, -0.15) is 0 Å². The number of ether oxygens (including phenoxy) is 2. The van der Waals surface area contributed by atoms with Crippen LogP contribution in [0.15, 0.2) is 24.3 Å². The van der Waals surface area contributed by atoms with Crippen LogP contribution in [0, 0.1) is 0 Å². The van der Waals surface area contributed by atoms with Gasteiger partial charge in [0, 0.05) is 12.2 Å². The second-order valence-corrected chi connectivity index (χ2v) is 4.27. The normalized spacial score (nSPS) is 19.5. The first-order chi connectivity index (χ1) is 8.29. The maximum atomic E-state index is 11.8. The van der Waals surface area contributed by atoms with Crippen LogP contribution >= 0.6 is 0 Å². The fourth-order valence-electron chi connectivity index (χ4n) is 1.85. The van der Waals surface area contributed by atoms with Crippen LogP contribution in [-0.4, -0.2) is 31.7 Å². The van der Waals surface area contributed by atoms with Gasteiger partial charge in [0.2, 0.25) is 0 Å². The van der Waals surface area contributed by atoms with E-state index in [-0.39, 0.29) is 18.5 Å². The number of ketones is 1. The minimum atomic E-state index is 0.0413. The molecule has 3 nitrogen and oxygen atoms in total. The second-order valence-electron chi connectivity index (χ2n) is 4.27. The molecule has 0 saturated carbocycles. The zero-order valence-corrected chi connectivity index (χ0v) is 10.1. The van der Waals surface area contributed by atoms with E-state index in [0.717, 1.165) is 25.0 Å². The van der Waals surface area contributed by atoms with Gasteiger partial charge in [-0.05, 0) is 18.4 Å². The van der Waals surface area contributed by atoms with Crippen LogP contribution in [0.4, 0.5) is 0 Å². The van der Waals surface area contributed by atoms with Crippen molar-refractivity contribution in [3.05, 3.63) is 35.4 Å². The predicted molar refractivity (Wildman–Crippen MR) is 65.3 cm³/mol. The number of Topliss-reactive ketones (excluding diaryl/α,β-unsaturated/α-hetero) is 1. The number of aryl methyl sites for hydroxylation is 1. The highest BCUT2D eigenvalue weighted by Gasteiger charge is 2.17. The monoisotopic (exact) mass is 234 g/mol. The van der Waals surface area contributed by atoms with E-state index in [0.29, 0.717) is 6.61 Å². The SMILES string of the molecule is CCc1ccc(C(=O)COC2CCOC2)cc1. The molecule has 1 heterocycles. The number of hydrogen-bond acceptors (Lipinski definition) is 3. The summed E-state index contributed by atoms with van der Waals surface area (Å²) in [6, 6.07) is 7.73. The summed E-state index contributed by atoms with van der Waals surface area (Å²) in [5.41, 5.74) is 1.97. The summed E-state index contributed by atoms with van der Waals surface area (Å²) in [7, 11) is 0. The second kappa shape index (κ2) is 5.94. The Bertz CT molecular complexity index is 364. The van der Waals surface area contributed by atoms with Crippen molar-refractivity contribution in [1.82, 2.24) is 0 Å². The van der Waals surface area contributed by atoms with Crippen molar-refractivity contribution in [2.45, 2.75) is 25.9 Å². The number of rotatable bonds is 5. The standard InChI is InChI=1S/C14H18O3/c1-2-11-3-5-12(6-4-11)14(15)10-17-13-7-8-16-9-13/h3-6,13H,2,7-10H2,1H3. The summed E-state index contributed by atoms with van der Waals surface area (Å²) in [5.74, 6) is 0.0413. The van der Waals surface area contributed by atoms with Crippen molar-refractivity contribution in [2.24, 2.45) is 0 Å².